The molecule has 0 fully saturated rings. The molecule has 84 valence electrons. The lowest BCUT2D eigenvalue weighted by Crippen LogP contribution is -1.84. The zero-order chi connectivity index (χ0) is 11.5. The van der Waals surface area contributed by atoms with Crippen LogP contribution in [-0.4, -0.2) is 16.1 Å². The van der Waals surface area contributed by atoms with E-state index in [0.29, 0.717) is 39.7 Å². The quantitative estimate of drug-likeness (QED) is 0.801. The molecule has 1 heterocycles. The smallest absolute Gasteiger partial charge is 0.247 e. The van der Waals surface area contributed by atoms with E-state index in [2.05, 4.69) is 10.2 Å². The van der Waals surface area contributed by atoms with Crippen LogP contribution in [0.2, 0.25) is 10.0 Å². The van der Waals surface area contributed by atoms with E-state index in [1.807, 2.05) is 0 Å². The molecule has 0 bridgehead atoms. The number of benzene rings is 1. The predicted molar refractivity (Wildman–Crippen MR) is 64.2 cm³/mol. The third kappa shape index (κ3) is 2.67. The van der Waals surface area contributed by atoms with Crippen molar-refractivity contribution in [1.29, 1.82) is 0 Å². The van der Waals surface area contributed by atoms with Crippen LogP contribution in [0.25, 0.3) is 11.5 Å². The maximum absolute atomic E-state index is 5.87. The Labute approximate surface area is 107 Å². The number of nitrogens with zero attached hydrogens (tertiary/aromatic N) is 2. The summed E-state index contributed by atoms with van der Waals surface area (Å²) in [7, 11) is 0. The third-order valence-corrected chi connectivity index (χ3v) is 2.51. The number of aromatic nitrogens is 2. The summed E-state index contributed by atoms with van der Waals surface area (Å²) in [6, 6.07) is 5.07. The lowest BCUT2D eigenvalue weighted by molar-refractivity contribution is 0.513. The van der Waals surface area contributed by atoms with Gasteiger partial charge in [-0.3, -0.25) is 0 Å². The van der Waals surface area contributed by atoms with E-state index >= 15 is 0 Å². The highest BCUT2D eigenvalue weighted by atomic mass is 35.5. The largest absolute Gasteiger partial charge is 0.421 e. The summed E-state index contributed by atoms with van der Waals surface area (Å²) in [4.78, 5) is 0. The van der Waals surface area contributed by atoms with Gasteiger partial charge in [-0.05, 0) is 18.2 Å². The van der Waals surface area contributed by atoms with Gasteiger partial charge in [-0.2, -0.15) is 0 Å². The van der Waals surface area contributed by atoms with Crippen molar-refractivity contribution in [2.24, 2.45) is 0 Å². The molecule has 0 saturated heterocycles. The number of rotatable bonds is 3. The van der Waals surface area contributed by atoms with Gasteiger partial charge < -0.3 is 4.42 Å². The van der Waals surface area contributed by atoms with Crippen molar-refractivity contribution in [3.8, 4) is 11.5 Å². The number of aryl methyl sites for hydroxylation is 1. The fraction of sp³-hybridized carbons (Fsp3) is 0.200. The molecule has 0 saturated carbocycles. The van der Waals surface area contributed by atoms with Gasteiger partial charge in [0.05, 0.1) is 0 Å². The Kier molecular flexibility index (Phi) is 3.69. The maximum atomic E-state index is 5.87. The Morgan fingerprint density at radius 2 is 1.75 bits per heavy atom. The van der Waals surface area contributed by atoms with Crippen LogP contribution in [-0.2, 0) is 6.42 Å². The lowest BCUT2D eigenvalue weighted by Gasteiger charge is -1.97. The second-order valence-electron chi connectivity index (χ2n) is 3.10. The summed E-state index contributed by atoms with van der Waals surface area (Å²) >= 11 is 17.3. The number of hydrogen-bond acceptors (Lipinski definition) is 3. The fourth-order valence-electron chi connectivity index (χ4n) is 1.23. The molecule has 0 aliphatic carbocycles. The second-order valence-corrected chi connectivity index (χ2v) is 4.35. The van der Waals surface area contributed by atoms with Gasteiger partial charge in [-0.25, -0.2) is 0 Å². The van der Waals surface area contributed by atoms with E-state index in [0.717, 1.165) is 0 Å². The molecule has 0 amide bonds. The highest BCUT2D eigenvalue weighted by Gasteiger charge is 2.09. The fourth-order valence-corrected chi connectivity index (χ4v) is 1.92. The van der Waals surface area contributed by atoms with Crippen molar-refractivity contribution in [1.82, 2.24) is 10.2 Å². The first kappa shape index (κ1) is 11.7. The van der Waals surface area contributed by atoms with Gasteiger partial charge in [0.15, 0.2) is 0 Å². The summed E-state index contributed by atoms with van der Waals surface area (Å²) in [5.74, 6) is 1.34. The monoisotopic (exact) mass is 276 g/mol. The van der Waals surface area contributed by atoms with Crippen LogP contribution in [0.4, 0.5) is 0 Å². The molecule has 6 heteroatoms. The van der Waals surface area contributed by atoms with Crippen LogP contribution < -0.4 is 0 Å². The van der Waals surface area contributed by atoms with Crippen molar-refractivity contribution in [2.45, 2.75) is 6.42 Å². The van der Waals surface area contributed by atoms with Crippen LogP contribution in [0.5, 0.6) is 0 Å². The summed E-state index contributed by atoms with van der Waals surface area (Å²) in [6.45, 7) is 0. The van der Waals surface area contributed by atoms with E-state index < -0.39 is 0 Å². The first-order valence-electron chi connectivity index (χ1n) is 4.54. The predicted octanol–water partition coefficient (Wildman–Crippen LogP) is 3.82. The molecule has 1 aromatic carbocycles. The minimum atomic E-state index is 0.393. The van der Waals surface area contributed by atoms with E-state index in [-0.39, 0.29) is 0 Å². The molecule has 2 rings (SSSR count). The van der Waals surface area contributed by atoms with E-state index in [4.69, 9.17) is 39.2 Å². The van der Waals surface area contributed by atoms with E-state index in [1.54, 1.807) is 18.2 Å². The lowest BCUT2D eigenvalue weighted by atomic mass is 10.2. The summed E-state index contributed by atoms with van der Waals surface area (Å²) < 4.78 is 5.40. The van der Waals surface area contributed by atoms with Gasteiger partial charge in [0.25, 0.3) is 0 Å². The molecule has 0 atom stereocenters. The molecule has 16 heavy (non-hydrogen) atoms. The molecule has 0 spiro atoms. The molecular formula is C10H7Cl3N2O. The summed E-state index contributed by atoms with van der Waals surface area (Å²) in [5, 5.41) is 8.80. The first-order valence-corrected chi connectivity index (χ1v) is 5.83. The van der Waals surface area contributed by atoms with E-state index in [1.165, 1.54) is 0 Å². The Morgan fingerprint density at radius 3 is 2.38 bits per heavy atom. The number of alkyl halides is 1. The average Bonchev–Trinajstić information content (AvgIpc) is 2.65. The Balaban J connectivity index is 2.34. The van der Waals surface area contributed by atoms with Crippen molar-refractivity contribution >= 4 is 34.8 Å². The number of hydrogen-bond donors (Lipinski definition) is 0. The summed E-state index contributed by atoms with van der Waals surface area (Å²) in [6.07, 6.45) is 0.544. The molecule has 3 nitrogen and oxygen atoms in total. The normalized spacial score (nSPS) is 10.7. The average molecular weight is 278 g/mol. The van der Waals surface area contributed by atoms with Crippen molar-refractivity contribution in [2.75, 3.05) is 5.88 Å². The van der Waals surface area contributed by atoms with Crippen LogP contribution in [0.15, 0.2) is 22.6 Å². The van der Waals surface area contributed by atoms with Crippen LogP contribution >= 0.6 is 34.8 Å². The Bertz CT molecular complexity index is 478. The van der Waals surface area contributed by atoms with Crippen LogP contribution in [0.1, 0.15) is 5.89 Å². The minimum Gasteiger partial charge on any atom is -0.421 e. The summed E-state index contributed by atoms with van der Waals surface area (Å²) in [5.41, 5.74) is 0.700. The van der Waals surface area contributed by atoms with Gasteiger partial charge in [-0.15, -0.1) is 21.8 Å². The van der Waals surface area contributed by atoms with Gasteiger partial charge in [0.2, 0.25) is 11.8 Å². The van der Waals surface area contributed by atoms with E-state index in [9.17, 15) is 0 Å². The third-order valence-electron chi connectivity index (χ3n) is 1.88. The zero-order valence-electron chi connectivity index (χ0n) is 8.08. The molecule has 0 aliphatic rings. The highest BCUT2D eigenvalue weighted by molar-refractivity contribution is 6.35. The maximum Gasteiger partial charge on any atom is 0.247 e. The first-order chi connectivity index (χ1) is 7.69. The molecular weight excluding hydrogens is 270 g/mol. The molecule has 0 N–H and O–H groups in total. The minimum absolute atomic E-state index is 0.393. The van der Waals surface area contributed by atoms with Gasteiger partial charge in [-0.1, -0.05) is 23.2 Å². The van der Waals surface area contributed by atoms with Crippen molar-refractivity contribution < 1.29 is 4.42 Å². The van der Waals surface area contributed by atoms with Crippen molar-refractivity contribution in [3.05, 3.63) is 34.1 Å². The Morgan fingerprint density at radius 1 is 1.06 bits per heavy atom. The second kappa shape index (κ2) is 5.04. The van der Waals surface area contributed by atoms with Gasteiger partial charge in [0, 0.05) is 27.9 Å². The SMILES string of the molecule is ClCCc1nnc(-c2cc(Cl)cc(Cl)c2)o1. The standard InChI is InChI=1S/C10H7Cl3N2O/c11-2-1-9-14-15-10(16-9)6-3-7(12)5-8(13)4-6/h3-5H,1-2H2. The molecule has 2 aromatic rings. The molecule has 0 radical (unpaired) electrons. The molecule has 0 aliphatic heterocycles. The Hall–Kier alpha value is -0.770. The van der Waals surface area contributed by atoms with Crippen molar-refractivity contribution in [3.63, 3.8) is 0 Å². The van der Waals surface area contributed by atoms with Crippen LogP contribution in [0.3, 0.4) is 0 Å². The van der Waals surface area contributed by atoms with Gasteiger partial charge >= 0.3 is 0 Å². The number of halogens is 3. The topological polar surface area (TPSA) is 38.9 Å². The molecule has 1 aromatic heterocycles. The van der Waals surface area contributed by atoms with Gasteiger partial charge in [0.1, 0.15) is 0 Å². The highest BCUT2D eigenvalue weighted by Crippen LogP contribution is 2.26. The zero-order valence-corrected chi connectivity index (χ0v) is 10.4. The molecule has 0 unspecified atom stereocenters. The van der Waals surface area contributed by atoms with Crippen LogP contribution in [0, 0.1) is 0 Å².